The summed E-state index contributed by atoms with van der Waals surface area (Å²) in [6.45, 7) is 0.278. The number of carbonyl (C=O) groups is 1. The van der Waals surface area contributed by atoms with Crippen molar-refractivity contribution in [1.82, 2.24) is 5.32 Å². The minimum absolute atomic E-state index is 0.0401. The van der Waals surface area contributed by atoms with Crippen molar-refractivity contribution in [2.24, 2.45) is 0 Å². The first kappa shape index (κ1) is 17.6. The third-order valence-electron chi connectivity index (χ3n) is 2.83. The van der Waals surface area contributed by atoms with Crippen LogP contribution in [0.2, 0.25) is 0 Å². The summed E-state index contributed by atoms with van der Waals surface area (Å²) in [5, 5.41) is 11.7. The monoisotopic (exact) mass is 315 g/mol. The lowest BCUT2D eigenvalue weighted by Gasteiger charge is -2.16. The highest BCUT2D eigenvalue weighted by Crippen LogP contribution is 2.08. The second-order valence-electron chi connectivity index (χ2n) is 4.91. The highest BCUT2D eigenvalue weighted by atomic mass is 32.2. The fraction of sp³-hybridized carbons (Fsp3) is 0.500. The topological polar surface area (TPSA) is 92.7 Å². The maximum absolute atomic E-state index is 12.0. The van der Waals surface area contributed by atoms with Gasteiger partial charge in [-0.25, -0.2) is 8.42 Å². The van der Waals surface area contributed by atoms with Gasteiger partial charge in [0.05, 0.1) is 18.4 Å². The van der Waals surface area contributed by atoms with Gasteiger partial charge in [0.1, 0.15) is 0 Å². The quantitative estimate of drug-likeness (QED) is 0.722. The van der Waals surface area contributed by atoms with Gasteiger partial charge >= 0.3 is 0 Å². The summed E-state index contributed by atoms with van der Waals surface area (Å²) in [5.74, 6) is -0.331. The van der Waals surface area contributed by atoms with Crippen LogP contribution in [0.25, 0.3) is 0 Å². The number of carbonyl (C=O) groups excluding carboxylic acids is 1. The van der Waals surface area contributed by atoms with Gasteiger partial charge in [-0.2, -0.15) is 0 Å². The molecule has 0 aliphatic carbocycles. The molecule has 2 N–H and O–H groups in total. The second-order valence-corrected chi connectivity index (χ2v) is 7.05. The minimum atomic E-state index is -3.09. The van der Waals surface area contributed by atoms with Crippen LogP contribution in [0.1, 0.15) is 22.3 Å². The molecule has 7 heteroatoms. The molecule has 0 saturated heterocycles. The Balaban J connectivity index is 2.70. The average molecular weight is 315 g/mol. The molecule has 0 spiro atoms. The summed E-state index contributed by atoms with van der Waals surface area (Å²) in [4.78, 5) is 12.0. The van der Waals surface area contributed by atoms with Crippen LogP contribution in [0.15, 0.2) is 24.3 Å². The summed E-state index contributed by atoms with van der Waals surface area (Å²) < 4.78 is 27.4. The van der Waals surface area contributed by atoms with Crippen molar-refractivity contribution in [3.05, 3.63) is 35.4 Å². The molecule has 1 aromatic carbocycles. The standard InChI is InChI=1S/C14H21NO5S/c1-20-9-13(7-8-16)15-14(17)12-5-3-11(4-6-12)10-21(2,18)19/h3-6,13,16H,7-10H2,1-2H3,(H,15,17). The fourth-order valence-corrected chi connectivity index (χ4v) is 2.68. The Morgan fingerprint density at radius 2 is 1.95 bits per heavy atom. The number of rotatable bonds is 8. The second kappa shape index (κ2) is 8.11. The van der Waals surface area contributed by atoms with Gasteiger partial charge in [-0.3, -0.25) is 4.79 Å². The molecule has 0 bridgehead atoms. The third kappa shape index (κ3) is 6.70. The normalized spacial score (nSPS) is 12.9. The van der Waals surface area contributed by atoms with Gasteiger partial charge in [0.15, 0.2) is 9.84 Å². The van der Waals surface area contributed by atoms with E-state index in [-0.39, 0.29) is 24.3 Å². The highest BCUT2D eigenvalue weighted by molar-refractivity contribution is 7.89. The Bertz CT molecular complexity index is 547. The molecule has 0 heterocycles. The molecule has 1 atom stereocenters. The van der Waals surface area contributed by atoms with Crippen molar-refractivity contribution in [2.45, 2.75) is 18.2 Å². The predicted octanol–water partition coefficient (Wildman–Crippen LogP) is 0.358. The molecular weight excluding hydrogens is 294 g/mol. The van der Waals surface area contributed by atoms with Gasteiger partial charge in [-0.15, -0.1) is 0 Å². The molecule has 0 aliphatic heterocycles. The van der Waals surface area contributed by atoms with Crippen LogP contribution in [-0.2, 0) is 20.3 Å². The van der Waals surface area contributed by atoms with Gasteiger partial charge in [0.25, 0.3) is 5.91 Å². The Labute approximate surface area is 125 Å². The third-order valence-corrected chi connectivity index (χ3v) is 3.68. The molecule has 0 radical (unpaired) electrons. The molecule has 1 aromatic rings. The van der Waals surface area contributed by atoms with E-state index in [1.807, 2.05) is 0 Å². The summed E-state index contributed by atoms with van der Waals surface area (Å²) in [6, 6.07) is 6.14. The molecule has 21 heavy (non-hydrogen) atoms. The van der Waals surface area contributed by atoms with Crippen LogP contribution in [0, 0.1) is 0 Å². The lowest BCUT2D eigenvalue weighted by atomic mass is 10.1. The Morgan fingerprint density at radius 1 is 1.33 bits per heavy atom. The van der Waals surface area contributed by atoms with Gasteiger partial charge < -0.3 is 15.2 Å². The molecule has 118 valence electrons. The van der Waals surface area contributed by atoms with E-state index in [2.05, 4.69) is 5.32 Å². The number of ether oxygens (including phenoxy) is 1. The summed E-state index contributed by atoms with van der Waals surface area (Å²) in [5.41, 5.74) is 1.07. The molecular formula is C14H21NO5S. The molecule has 0 saturated carbocycles. The minimum Gasteiger partial charge on any atom is -0.396 e. The Kier molecular flexibility index (Phi) is 6.80. The van der Waals surface area contributed by atoms with Crippen LogP contribution in [0.4, 0.5) is 0 Å². The summed E-state index contributed by atoms with van der Waals surface area (Å²) in [7, 11) is -1.56. The van der Waals surface area contributed by atoms with E-state index < -0.39 is 9.84 Å². The van der Waals surface area contributed by atoms with E-state index in [4.69, 9.17) is 9.84 Å². The van der Waals surface area contributed by atoms with Crippen molar-refractivity contribution in [3.8, 4) is 0 Å². The van der Waals surface area contributed by atoms with Crippen molar-refractivity contribution in [1.29, 1.82) is 0 Å². The molecule has 0 fully saturated rings. The van der Waals surface area contributed by atoms with E-state index in [1.165, 1.54) is 7.11 Å². The number of amides is 1. The van der Waals surface area contributed by atoms with Crippen LogP contribution in [0.5, 0.6) is 0 Å². The zero-order valence-electron chi connectivity index (χ0n) is 12.2. The first-order chi connectivity index (χ1) is 9.85. The van der Waals surface area contributed by atoms with Crippen LogP contribution in [0.3, 0.4) is 0 Å². The lowest BCUT2D eigenvalue weighted by molar-refractivity contribution is 0.0878. The van der Waals surface area contributed by atoms with Gasteiger partial charge in [0.2, 0.25) is 0 Å². The van der Waals surface area contributed by atoms with Crippen molar-refractivity contribution >= 4 is 15.7 Å². The average Bonchev–Trinajstić information content (AvgIpc) is 2.38. The van der Waals surface area contributed by atoms with Crippen LogP contribution in [-0.4, -0.2) is 52.1 Å². The SMILES string of the molecule is COCC(CCO)NC(=O)c1ccc(CS(C)(=O)=O)cc1. The van der Waals surface area contributed by atoms with Gasteiger partial charge in [0, 0.05) is 25.5 Å². The number of hydrogen-bond donors (Lipinski definition) is 2. The first-order valence-corrected chi connectivity index (χ1v) is 8.59. The summed E-state index contributed by atoms with van der Waals surface area (Å²) in [6.07, 6.45) is 1.57. The molecule has 0 aromatic heterocycles. The number of aliphatic hydroxyl groups excluding tert-OH is 1. The Hall–Kier alpha value is -1.44. The zero-order chi connectivity index (χ0) is 15.9. The van der Waals surface area contributed by atoms with E-state index in [0.717, 1.165) is 6.26 Å². The van der Waals surface area contributed by atoms with Crippen molar-refractivity contribution in [2.75, 3.05) is 26.6 Å². The first-order valence-electron chi connectivity index (χ1n) is 6.53. The van der Waals surface area contributed by atoms with E-state index in [0.29, 0.717) is 24.2 Å². The number of nitrogens with one attached hydrogen (secondary N) is 1. The van der Waals surface area contributed by atoms with Gasteiger partial charge in [-0.1, -0.05) is 12.1 Å². The maximum atomic E-state index is 12.0. The number of benzene rings is 1. The number of sulfone groups is 1. The van der Waals surface area contributed by atoms with E-state index in [1.54, 1.807) is 24.3 Å². The van der Waals surface area contributed by atoms with Gasteiger partial charge in [-0.05, 0) is 24.1 Å². The summed E-state index contributed by atoms with van der Waals surface area (Å²) >= 11 is 0. The van der Waals surface area contributed by atoms with E-state index in [9.17, 15) is 13.2 Å². The Morgan fingerprint density at radius 3 is 2.43 bits per heavy atom. The smallest absolute Gasteiger partial charge is 0.251 e. The predicted molar refractivity (Wildman–Crippen MR) is 79.8 cm³/mol. The molecule has 1 unspecified atom stereocenters. The zero-order valence-corrected chi connectivity index (χ0v) is 13.0. The number of hydrogen-bond acceptors (Lipinski definition) is 5. The molecule has 6 nitrogen and oxygen atoms in total. The number of methoxy groups -OCH3 is 1. The van der Waals surface area contributed by atoms with Crippen LogP contribution < -0.4 is 5.32 Å². The fourth-order valence-electron chi connectivity index (χ4n) is 1.88. The number of aliphatic hydroxyl groups is 1. The van der Waals surface area contributed by atoms with Crippen LogP contribution >= 0.6 is 0 Å². The molecule has 0 aliphatic rings. The molecule has 1 rings (SSSR count). The molecule has 1 amide bonds. The van der Waals surface area contributed by atoms with Crippen molar-refractivity contribution in [3.63, 3.8) is 0 Å². The largest absolute Gasteiger partial charge is 0.396 e. The lowest BCUT2D eigenvalue weighted by Crippen LogP contribution is -2.38. The highest BCUT2D eigenvalue weighted by Gasteiger charge is 2.13. The van der Waals surface area contributed by atoms with E-state index >= 15 is 0 Å². The van der Waals surface area contributed by atoms with Crippen molar-refractivity contribution < 1.29 is 23.1 Å². The maximum Gasteiger partial charge on any atom is 0.251 e.